The molecule has 0 spiro atoms. The zero-order chi connectivity index (χ0) is 18.4. The van der Waals surface area contributed by atoms with Crippen molar-refractivity contribution in [3.8, 4) is 5.88 Å². The highest BCUT2D eigenvalue weighted by Crippen LogP contribution is 2.17. The van der Waals surface area contributed by atoms with Gasteiger partial charge >= 0.3 is 18.2 Å². The number of pyridine rings is 1. The summed E-state index contributed by atoms with van der Waals surface area (Å²) in [6, 6.07) is 2.57. The Kier molecular flexibility index (Phi) is 6.05. The second-order valence-electron chi connectivity index (χ2n) is 5.66. The summed E-state index contributed by atoms with van der Waals surface area (Å²) in [5.74, 6) is -1.56. The standard InChI is InChI=1S/C15H18F3N3O4/c16-15(17,18)9-25-12-2-1-10(7-20-12)3-5-19-14(24)21-6-4-11(8-21)13(22)23/h1-2,7,11H,3-6,8-9H2,(H,19,24)(H,22,23). The molecule has 0 saturated carbocycles. The van der Waals surface area contributed by atoms with Crippen molar-refractivity contribution >= 4 is 12.0 Å². The number of nitrogens with one attached hydrogen (secondary N) is 1. The zero-order valence-electron chi connectivity index (χ0n) is 13.3. The Bertz CT molecular complexity index is 607. The molecule has 10 heteroatoms. The molecular weight excluding hydrogens is 343 g/mol. The van der Waals surface area contributed by atoms with E-state index < -0.39 is 24.7 Å². The van der Waals surface area contributed by atoms with Gasteiger partial charge in [0.15, 0.2) is 6.61 Å². The van der Waals surface area contributed by atoms with Gasteiger partial charge in [-0.15, -0.1) is 0 Å². The molecule has 2 N–H and O–H groups in total. The lowest BCUT2D eigenvalue weighted by molar-refractivity contribution is -0.154. The van der Waals surface area contributed by atoms with Gasteiger partial charge in [0.1, 0.15) is 0 Å². The van der Waals surface area contributed by atoms with E-state index >= 15 is 0 Å². The lowest BCUT2D eigenvalue weighted by Gasteiger charge is -2.16. The summed E-state index contributed by atoms with van der Waals surface area (Å²) < 4.78 is 40.6. The maximum absolute atomic E-state index is 12.0. The molecule has 0 aromatic carbocycles. The van der Waals surface area contributed by atoms with E-state index in [1.165, 1.54) is 17.2 Å². The number of urea groups is 1. The van der Waals surface area contributed by atoms with Crippen LogP contribution in [0.4, 0.5) is 18.0 Å². The third-order valence-electron chi connectivity index (χ3n) is 3.70. The lowest BCUT2D eigenvalue weighted by Crippen LogP contribution is -2.39. The van der Waals surface area contributed by atoms with Gasteiger partial charge in [0.25, 0.3) is 0 Å². The Labute approximate surface area is 141 Å². The average molecular weight is 361 g/mol. The summed E-state index contributed by atoms with van der Waals surface area (Å²) in [5.41, 5.74) is 0.726. The predicted molar refractivity (Wildman–Crippen MR) is 80.2 cm³/mol. The fourth-order valence-electron chi connectivity index (χ4n) is 2.37. The number of likely N-dealkylation sites (tertiary alicyclic amines) is 1. The molecule has 1 aliphatic heterocycles. The normalized spacial score (nSPS) is 17.4. The highest BCUT2D eigenvalue weighted by atomic mass is 19.4. The van der Waals surface area contributed by atoms with Crippen LogP contribution in [0.15, 0.2) is 18.3 Å². The summed E-state index contributed by atoms with van der Waals surface area (Å²) in [6.45, 7) is -0.510. The molecule has 1 atom stereocenters. The SMILES string of the molecule is O=C(O)C1CCN(C(=O)NCCc2ccc(OCC(F)(F)F)nc2)C1. The molecule has 25 heavy (non-hydrogen) atoms. The molecule has 0 radical (unpaired) electrons. The smallest absolute Gasteiger partial charge is 0.422 e. The summed E-state index contributed by atoms with van der Waals surface area (Å²) in [7, 11) is 0. The highest BCUT2D eigenvalue weighted by Gasteiger charge is 2.30. The zero-order valence-corrected chi connectivity index (χ0v) is 13.3. The number of nitrogens with zero attached hydrogens (tertiary/aromatic N) is 2. The molecule has 1 unspecified atom stereocenters. The topological polar surface area (TPSA) is 91.8 Å². The Morgan fingerprint density at radius 3 is 2.72 bits per heavy atom. The van der Waals surface area contributed by atoms with Gasteiger partial charge in [-0.2, -0.15) is 13.2 Å². The summed E-state index contributed by atoms with van der Waals surface area (Å²) in [4.78, 5) is 28.0. The van der Waals surface area contributed by atoms with Crippen LogP contribution in [-0.4, -0.2) is 59.4 Å². The van der Waals surface area contributed by atoms with Crippen molar-refractivity contribution in [3.63, 3.8) is 0 Å². The van der Waals surface area contributed by atoms with Crippen molar-refractivity contribution in [2.24, 2.45) is 5.92 Å². The van der Waals surface area contributed by atoms with Crippen molar-refractivity contribution in [1.82, 2.24) is 15.2 Å². The van der Waals surface area contributed by atoms with Crippen molar-refractivity contribution in [1.29, 1.82) is 0 Å². The number of rotatable bonds is 6. The number of carboxylic acids is 1. The van der Waals surface area contributed by atoms with E-state index in [0.29, 0.717) is 25.9 Å². The molecule has 0 aliphatic carbocycles. The van der Waals surface area contributed by atoms with Crippen LogP contribution in [0.25, 0.3) is 0 Å². The largest absolute Gasteiger partial charge is 0.481 e. The number of alkyl halides is 3. The van der Waals surface area contributed by atoms with Gasteiger partial charge in [0, 0.05) is 31.9 Å². The van der Waals surface area contributed by atoms with Gasteiger partial charge in [0.05, 0.1) is 5.92 Å². The number of ether oxygens (including phenoxy) is 1. The van der Waals surface area contributed by atoms with Crippen molar-refractivity contribution < 1.29 is 32.6 Å². The van der Waals surface area contributed by atoms with Crippen LogP contribution in [0, 0.1) is 5.92 Å². The van der Waals surface area contributed by atoms with Gasteiger partial charge < -0.3 is 20.1 Å². The van der Waals surface area contributed by atoms with E-state index in [1.54, 1.807) is 6.07 Å². The quantitative estimate of drug-likeness (QED) is 0.804. The average Bonchev–Trinajstić information content (AvgIpc) is 3.03. The number of amides is 2. The first kappa shape index (κ1) is 18.8. The third kappa shape index (κ3) is 6.12. The van der Waals surface area contributed by atoms with Crippen molar-refractivity contribution in [2.45, 2.75) is 19.0 Å². The van der Waals surface area contributed by atoms with Crippen molar-refractivity contribution in [3.05, 3.63) is 23.9 Å². The molecular formula is C15H18F3N3O4. The maximum Gasteiger partial charge on any atom is 0.422 e. The van der Waals surface area contributed by atoms with Crippen LogP contribution in [0.5, 0.6) is 5.88 Å². The number of hydrogen-bond donors (Lipinski definition) is 2. The van der Waals surface area contributed by atoms with E-state index in [9.17, 15) is 22.8 Å². The van der Waals surface area contributed by atoms with E-state index in [-0.39, 0.29) is 18.5 Å². The van der Waals surface area contributed by atoms with Crippen LogP contribution in [0.2, 0.25) is 0 Å². The van der Waals surface area contributed by atoms with Gasteiger partial charge in [-0.3, -0.25) is 4.79 Å². The first-order chi connectivity index (χ1) is 11.7. The second-order valence-corrected chi connectivity index (χ2v) is 5.66. The predicted octanol–water partition coefficient (Wildman–Crippen LogP) is 1.68. The molecule has 7 nitrogen and oxygen atoms in total. The van der Waals surface area contributed by atoms with Crippen LogP contribution >= 0.6 is 0 Å². The Balaban J connectivity index is 1.71. The second kappa shape index (κ2) is 8.04. The monoisotopic (exact) mass is 361 g/mol. The number of hydrogen-bond acceptors (Lipinski definition) is 4. The first-order valence-corrected chi connectivity index (χ1v) is 7.64. The number of carboxylic acid groups (broad SMARTS) is 1. The molecule has 0 bridgehead atoms. The Morgan fingerprint density at radius 1 is 1.40 bits per heavy atom. The van der Waals surface area contributed by atoms with Gasteiger partial charge in [-0.05, 0) is 18.4 Å². The minimum absolute atomic E-state index is 0.123. The van der Waals surface area contributed by atoms with Crippen LogP contribution in [0.1, 0.15) is 12.0 Å². The molecule has 1 saturated heterocycles. The number of aliphatic carboxylic acids is 1. The highest BCUT2D eigenvalue weighted by molar-refractivity contribution is 5.77. The maximum atomic E-state index is 12.0. The first-order valence-electron chi connectivity index (χ1n) is 7.64. The minimum atomic E-state index is -4.42. The van der Waals surface area contributed by atoms with Crippen molar-refractivity contribution in [2.75, 3.05) is 26.2 Å². The fourth-order valence-corrected chi connectivity index (χ4v) is 2.37. The number of carbonyl (C=O) groups excluding carboxylic acids is 1. The van der Waals surface area contributed by atoms with Crippen LogP contribution < -0.4 is 10.1 Å². The minimum Gasteiger partial charge on any atom is -0.481 e. The summed E-state index contributed by atoms with van der Waals surface area (Å²) >= 11 is 0. The van der Waals surface area contributed by atoms with Gasteiger partial charge in [0.2, 0.25) is 5.88 Å². The van der Waals surface area contributed by atoms with Crippen LogP contribution in [-0.2, 0) is 11.2 Å². The molecule has 1 aromatic rings. The third-order valence-corrected chi connectivity index (χ3v) is 3.70. The van der Waals surface area contributed by atoms with E-state index in [4.69, 9.17) is 5.11 Å². The fraction of sp³-hybridized carbons (Fsp3) is 0.533. The Hall–Kier alpha value is -2.52. The molecule has 1 aromatic heterocycles. The number of halogens is 3. The lowest BCUT2D eigenvalue weighted by atomic mass is 10.1. The summed E-state index contributed by atoms with van der Waals surface area (Å²) in [5, 5.41) is 11.6. The van der Waals surface area contributed by atoms with Gasteiger partial charge in [-0.1, -0.05) is 6.07 Å². The summed E-state index contributed by atoms with van der Waals surface area (Å²) in [6.07, 6.45) is -2.16. The number of carbonyl (C=O) groups is 2. The molecule has 2 rings (SSSR count). The van der Waals surface area contributed by atoms with Gasteiger partial charge in [-0.25, -0.2) is 9.78 Å². The molecule has 138 valence electrons. The van der Waals surface area contributed by atoms with E-state index in [0.717, 1.165) is 5.56 Å². The van der Waals surface area contributed by atoms with E-state index in [2.05, 4.69) is 15.0 Å². The Morgan fingerprint density at radius 2 is 2.16 bits per heavy atom. The van der Waals surface area contributed by atoms with E-state index in [1.807, 2.05) is 0 Å². The molecule has 1 aliphatic rings. The molecule has 2 heterocycles. The molecule has 2 amide bonds. The van der Waals surface area contributed by atoms with Crippen LogP contribution in [0.3, 0.4) is 0 Å². The molecule has 1 fully saturated rings. The number of aromatic nitrogens is 1.